The molecule has 1 fully saturated rings. The number of carbonyl (C=O) groups excluding carboxylic acids is 1. The van der Waals surface area contributed by atoms with Crippen molar-refractivity contribution >= 4 is 11.9 Å². The van der Waals surface area contributed by atoms with E-state index in [-0.39, 0.29) is 30.0 Å². The molecule has 1 aromatic rings. The first kappa shape index (κ1) is 23.2. The van der Waals surface area contributed by atoms with Gasteiger partial charge in [0.2, 0.25) is 5.91 Å². The zero-order chi connectivity index (χ0) is 22.4. The van der Waals surface area contributed by atoms with Crippen LogP contribution in [0, 0.1) is 5.92 Å². The summed E-state index contributed by atoms with van der Waals surface area (Å²) in [6, 6.07) is 4.54. The largest absolute Gasteiger partial charge is 0.496 e. The predicted molar refractivity (Wildman–Crippen MR) is 124 cm³/mol. The maximum atomic E-state index is 12.5. The topological polar surface area (TPSA) is 84.0 Å². The standard InChI is InChI=1S/C24H38N4O3/c1-6-25-24(28-20-9-7-8-17(11-20)23(29)27-15(2)3)26-14-19-13-22-18(10-16(4)31-22)12-21(19)30-5/h12-13,15-17,20H,6-11,14H2,1-5H3,(H,27,29)(H2,25,26,28). The fraction of sp³-hybridized carbons (Fsp3) is 0.667. The van der Waals surface area contributed by atoms with Crippen molar-refractivity contribution in [3.05, 3.63) is 23.3 Å². The van der Waals surface area contributed by atoms with E-state index in [4.69, 9.17) is 14.5 Å². The number of nitrogens with zero attached hydrogens (tertiary/aromatic N) is 1. The SMILES string of the molecule is CCNC(=NCc1cc2c(cc1OC)CC(C)O2)NC1CCCC(C(=O)NC(C)C)C1. The summed E-state index contributed by atoms with van der Waals surface area (Å²) < 4.78 is 11.5. The second kappa shape index (κ2) is 10.7. The minimum atomic E-state index is 0.0625. The number of rotatable bonds is 7. The van der Waals surface area contributed by atoms with Gasteiger partial charge in [-0.1, -0.05) is 6.42 Å². The first-order valence-corrected chi connectivity index (χ1v) is 11.6. The number of amides is 1. The molecule has 3 atom stereocenters. The van der Waals surface area contributed by atoms with Crippen LogP contribution in [0.15, 0.2) is 17.1 Å². The van der Waals surface area contributed by atoms with Crippen LogP contribution in [-0.4, -0.2) is 43.7 Å². The lowest BCUT2D eigenvalue weighted by Crippen LogP contribution is -2.47. The van der Waals surface area contributed by atoms with Crippen molar-refractivity contribution in [3.63, 3.8) is 0 Å². The molecular formula is C24H38N4O3. The minimum absolute atomic E-state index is 0.0625. The number of hydrogen-bond donors (Lipinski definition) is 3. The number of hydrogen-bond acceptors (Lipinski definition) is 4. The van der Waals surface area contributed by atoms with Crippen molar-refractivity contribution in [2.45, 2.75) is 84.5 Å². The summed E-state index contributed by atoms with van der Waals surface area (Å²) in [5, 5.41) is 9.94. The zero-order valence-electron chi connectivity index (χ0n) is 19.6. The Morgan fingerprint density at radius 1 is 1.32 bits per heavy atom. The normalized spacial score (nSPS) is 23.2. The number of aliphatic imine (C=N–C) groups is 1. The molecule has 172 valence electrons. The number of benzene rings is 1. The van der Waals surface area contributed by atoms with Crippen molar-refractivity contribution in [2.75, 3.05) is 13.7 Å². The third-order valence-electron chi connectivity index (χ3n) is 5.87. The highest BCUT2D eigenvalue weighted by molar-refractivity contribution is 5.81. The quantitative estimate of drug-likeness (QED) is 0.457. The van der Waals surface area contributed by atoms with E-state index >= 15 is 0 Å². The Morgan fingerprint density at radius 2 is 2.13 bits per heavy atom. The Kier molecular flexibility index (Phi) is 8.04. The maximum Gasteiger partial charge on any atom is 0.223 e. The number of guanidine groups is 1. The molecule has 31 heavy (non-hydrogen) atoms. The van der Waals surface area contributed by atoms with Crippen LogP contribution in [0.5, 0.6) is 11.5 Å². The summed E-state index contributed by atoms with van der Waals surface area (Å²) in [4.78, 5) is 17.3. The van der Waals surface area contributed by atoms with E-state index in [1.54, 1.807) is 7.11 Å². The molecule has 3 unspecified atom stereocenters. The third kappa shape index (κ3) is 6.28. The molecule has 2 aliphatic rings. The van der Waals surface area contributed by atoms with Gasteiger partial charge in [-0.05, 0) is 59.1 Å². The van der Waals surface area contributed by atoms with Crippen LogP contribution in [0.2, 0.25) is 0 Å². The molecular weight excluding hydrogens is 392 g/mol. The van der Waals surface area contributed by atoms with E-state index in [9.17, 15) is 4.79 Å². The average molecular weight is 431 g/mol. The van der Waals surface area contributed by atoms with Crippen molar-refractivity contribution in [1.29, 1.82) is 0 Å². The van der Waals surface area contributed by atoms with Crippen LogP contribution in [0.1, 0.15) is 64.5 Å². The molecule has 1 aliphatic heterocycles. The molecule has 0 saturated heterocycles. The lowest BCUT2D eigenvalue weighted by molar-refractivity contribution is -0.126. The van der Waals surface area contributed by atoms with Gasteiger partial charge in [-0.2, -0.15) is 0 Å². The molecule has 0 bridgehead atoms. The highest BCUT2D eigenvalue weighted by atomic mass is 16.5. The molecule has 1 aromatic carbocycles. The first-order valence-electron chi connectivity index (χ1n) is 11.6. The van der Waals surface area contributed by atoms with Crippen molar-refractivity contribution in [1.82, 2.24) is 16.0 Å². The fourth-order valence-corrected chi connectivity index (χ4v) is 4.43. The molecule has 3 N–H and O–H groups in total. The average Bonchev–Trinajstić information content (AvgIpc) is 3.10. The number of methoxy groups -OCH3 is 1. The summed E-state index contributed by atoms with van der Waals surface area (Å²) in [6.07, 6.45) is 4.98. The molecule has 3 rings (SSSR count). The van der Waals surface area contributed by atoms with Crippen LogP contribution in [0.25, 0.3) is 0 Å². The van der Waals surface area contributed by atoms with E-state index in [1.165, 1.54) is 5.56 Å². The minimum Gasteiger partial charge on any atom is -0.496 e. The van der Waals surface area contributed by atoms with Crippen molar-refractivity contribution < 1.29 is 14.3 Å². The predicted octanol–water partition coefficient (Wildman–Crippen LogP) is 3.16. The first-order chi connectivity index (χ1) is 14.9. The van der Waals surface area contributed by atoms with Gasteiger partial charge in [-0.25, -0.2) is 4.99 Å². The lowest BCUT2D eigenvalue weighted by Gasteiger charge is -2.30. The second-order valence-corrected chi connectivity index (χ2v) is 8.97. The number of ether oxygens (including phenoxy) is 2. The monoisotopic (exact) mass is 430 g/mol. The third-order valence-corrected chi connectivity index (χ3v) is 5.87. The number of carbonyl (C=O) groups is 1. The van der Waals surface area contributed by atoms with Crippen LogP contribution >= 0.6 is 0 Å². The molecule has 1 aliphatic carbocycles. The van der Waals surface area contributed by atoms with Gasteiger partial charge in [-0.3, -0.25) is 4.79 Å². The Balaban J connectivity index is 1.67. The summed E-state index contributed by atoms with van der Waals surface area (Å²) in [7, 11) is 1.70. The Hall–Kier alpha value is -2.44. The van der Waals surface area contributed by atoms with Crippen LogP contribution < -0.4 is 25.4 Å². The lowest BCUT2D eigenvalue weighted by atomic mass is 9.85. The van der Waals surface area contributed by atoms with Gasteiger partial charge >= 0.3 is 0 Å². The van der Waals surface area contributed by atoms with Crippen LogP contribution in [0.4, 0.5) is 0 Å². The Labute approximate surface area is 186 Å². The molecule has 0 aromatic heterocycles. The van der Waals surface area contributed by atoms with Gasteiger partial charge in [0.25, 0.3) is 0 Å². The molecule has 7 heteroatoms. The van der Waals surface area contributed by atoms with Gasteiger partial charge < -0.3 is 25.4 Å². The maximum absolute atomic E-state index is 12.5. The van der Waals surface area contributed by atoms with Crippen LogP contribution in [0.3, 0.4) is 0 Å². The fourth-order valence-electron chi connectivity index (χ4n) is 4.43. The second-order valence-electron chi connectivity index (χ2n) is 8.97. The molecule has 1 amide bonds. The molecule has 1 saturated carbocycles. The summed E-state index contributed by atoms with van der Waals surface area (Å²) >= 11 is 0. The Morgan fingerprint density at radius 3 is 2.84 bits per heavy atom. The zero-order valence-corrected chi connectivity index (χ0v) is 19.6. The van der Waals surface area contributed by atoms with Gasteiger partial charge in [0.1, 0.15) is 17.6 Å². The molecule has 0 radical (unpaired) electrons. The van der Waals surface area contributed by atoms with E-state index in [0.29, 0.717) is 6.54 Å². The van der Waals surface area contributed by atoms with Gasteiger partial charge in [-0.15, -0.1) is 0 Å². The summed E-state index contributed by atoms with van der Waals surface area (Å²) in [5.74, 6) is 2.78. The van der Waals surface area contributed by atoms with E-state index < -0.39 is 0 Å². The van der Waals surface area contributed by atoms with Gasteiger partial charge in [0.05, 0.1) is 13.7 Å². The van der Waals surface area contributed by atoms with E-state index in [2.05, 4.69) is 41.9 Å². The number of fused-ring (bicyclic) bond motifs is 1. The molecule has 0 spiro atoms. The Bertz CT molecular complexity index is 793. The highest BCUT2D eigenvalue weighted by Gasteiger charge is 2.28. The highest BCUT2D eigenvalue weighted by Crippen LogP contribution is 2.35. The van der Waals surface area contributed by atoms with E-state index in [1.807, 2.05) is 13.8 Å². The molecule has 7 nitrogen and oxygen atoms in total. The summed E-state index contributed by atoms with van der Waals surface area (Å²) in [6.45, 7) is 9.42. The van der Waals surface area contributed by atoms with Gasteiger partial charge in [0.15, 0.2) is 5.96 Å². The number of nitrogens with one attached hydrogen (secondary N) is 3. The van der Waals surface area contributed by atoms with Gasteiger partial charge in [0, 0.05) is 42.1 Å². The molecule has 1 heterocycles. The smallest absolute Gasteiger partial charge is 0.223 e. The van der Waals surface area contributed by atoms with Crippen molar-refractivity contribution in [2.24, 2.45) is 10.9 Å². The van der Waals surface area contributed by atoms with E-state index in [0.717, 1.165) is 61.7 Å². The van der Waals surface area contributed by atoms with Crippen LogP contribution in [-0.2, 0) is 17.8 Å². The van der Waals surface area contributed by atoms with Crippen molar-refractivity contribution in [3.8, 4) is 11.5 Å². The summed E-state index contributed by atoms with van der Waals surface area (Å²) in [5.41, 5.74) is 2.19.